The molecule has 0 radical (unpaired) electrons. The lowest BCUT2D eigenvalue weighted by Crippen LogP contribution is -2.28. The maximum absolute atomic E-state index is 13.8. The molecule has 0 aromatic heterocycles. The predicted octanol–water partition coefficient (Wildman–Crippen LogP) is 4.65. The Morgan fingerprint density at radius 2 is 1.88 bits per heavy atom. The van der Waals surface area contributed by atoms with Crippen LogP contribution in [-0.4, -0.2) is 12.2 Å². The van der Waals surface area contributed by atoms with E-state index in [-0.39, 0.29) is 17.2 Å². The molecule has 0 bridgehead atoms. The summed E-state index contributed by atoms with van der Waals surface area (Å²) < 4.78 is 56.6. The highest BCUT2D eigenvalue weighted by atomic mass is 32.1. The van der Waals surface area contributed by atoms with Gasteiger partial charge in [0.1, 0.15) is 11.6 Å². The van der Waals surface area contributed by atoms with Crippen LogP contribution in [-0.2, 0) is 12.7 Å². The lowest BCUT2D eigenvalue weighted by molar-refractivity contribution is -0.137. The van der Waals surface area contributed by atoms with Gasteiger partial charge < -0.3 is 15.4 Å². The summed E-state index contributed by atoms with van der Waals surface area (Å²) in [4.78, 5) is 0. The summed E-state index contributed by atoms with van der Waals surface area (Å²) >= 11 is 5.13. The summed E-state index contributed by atoms with van der Waals surface area (Å²) in [6.07, 6.45) is -4.58. The number of ether oxygens (including phenoxy) is 1. The Kier molecular flexibility index (Phi) is 5.84. The minimum absolute atomic E-state index is 0.0517. The van der Waals surface area contributed by atoms with Crippen LogP contribution in [0.1, 0.15) is 16.7 Å². The quantitative estimate of drug-likeness (QED) is 0.605. The van der Waals surface area contributed by atoms with E-state index in [4.69, 9.17) is 17.0 Å². The maximum atomic E-state index is 13.8. The normalized spacial score (nSPS) is 11.1. The average Bonchev–Trinajstić information content (AvgIpc) is 2.53. The second kappa shape index (κ2) is 7.69. The second-order valence-electron chi connectivity index (χ2n) is 5.32. The molecule has 3 nitrogen and oxygen atoms in total. The molecule has 2 aromatic carbocycles. The number of thiocarbonyl (C=S) groups is 1. The topological polar surface area (TPSA) is 33.3 Å². The van der Waals surface area contributed by atoms with Gasteiger partial charge in [0, 0.05) is 12.1 Å². The third kappa shape index (κ3) is 5.06. The summed E-state index contributed by atoms with van der Waals surface area (Å²) in [5.41, 5.74) is 0.667. The SMILES string of the molecule is COc1ccc(C)cc1NC(=S)NCc1ccc(C(F)(F)F)cc1F. The molecule has 2 N–H and O–H groups in total. The standard InChI is InChI=1S/C17H16F4N2OS/c1-10-3-6-15(24-2)14(7-10)23-16(25)22-9-11-4-5-12(8-13(11)18)17(19,20)21/h3-8H,9H2,1-2H3,(H2,22,23,25). The van der Waals surface area contributed by atoms with E-state index >= 15 is 0 Å². The highest BCUT2D eigenvalue weighted by Crippen LogP contribution is 2.30. The minimum atomic E-state index is -4.58. The number of aryl methyl sites for hydroxylation is 1. The van der Waals surface area contributed by atoms with E-state index < -0.39 is 17.6 Å². The van der Waals surface area contributed by atoms with Crippen molar-refractivity contribution >= 4 is 23.0 Å². The summed E-state index contributed by atoms with van der Waals surface area (Å²) in [7, 11) is 1.52. The van der Waals surface area contributed by atoms with E-state index in [0.29, 0.717) is 17.5 Å². The molecule has 2 aromatic rings. The minimum Gasteiger partial charge on any atom is -0.495 e. The van der Waals surface area contributed by atoms with Crippen LogP contribution in [0.2, 0.25) is 0 Å². The molecular formula is C17H16F4N2OS. The van der Waals surface area contributed by atoms with Crippen LogP contribution in [0.3, 0.4) is 0 Å². The Morgan fingerprint density at radius 1 is 1.16 bits per heavy atom. The van der Waals surface area contributed by atoms with E-state index in [0.717, 1.165) is 17.7 Å². The molecule has 0 unspecified atom stereocenters. The highest BCUT2D eigenvalue weighted by molar-refractivity contribution is 7.80. The summed E-state index contributed by atoms with van der Waals surface area (Å²) in [5.74, 6) is -0.367. The van der Waals surface area contributed by atoms with Crippen molar-refractivity contribution in [3.05, 3.63) is 58.9 Å². The van der Waals surface area contributed by atoms with E-state index in [9.17, 15) is 17.6 Å². The molecular weight excluding hydrogens is 356 g/mol. The highest BCUT2D eigenvalue weighted by Gasteiger charge is 2.31. The average molecular weight is 372 g/mol. The van der Waals surface area contributed by atoms with Crippen LogP contribution in [0, 0.1) is 12.7 Å². The van der Waals surface area contributed by atoms with Gasteiger partial charge in [-0.05, 0) is 49.0 Å². The van der Waals surface area contributed by atoms with Crippen LogP contribution in [0.15, 0.2) is 36.4 Å². The number of benzene rings is 2. The van der Waals surface area contributed by atoms with Gasteiger partial charge in [0.25, 0.3) is 0 Å². The number of anilines is 1. The molecule has 8 heteroatoms. The summed E-state index contributed by atoms with van der Waals surface area (Å²) in [6.45, 7) is 1.85. The molecule has 0 heterocycles. The monoisotopic (exact) mass is 372 g/mol. The largest absolute Gasteiger partial charge is 0.495 e. The molecule has 0 saturated carbocycles. The zero-order chi connectivity index (χ0) is 18.6. The maximum Gasteiger partial charge on any atom is 0.416 e. The first-order valence-electron chi connectivity index (χ1n) is 7.26. The smallest absolute Gasteiger partial charge is 0.416 e. The fourth-order valence-corrected chi connectivity index (χ4v) is 2.31. The number of hydrogen-bond donors (Lipinski definition) is 2. The summed E-state index contributed by atoms with van der Waals surface area (Å²) in [6, 6.07) is 7.86. The van der Waals surface area contributed by atoms with Gasteiger partial charge in [-0.25, -0.2) is 4.39 Å². The molecule has 0 fully saturated rings. The molecule has 0 aliphatic carbocycles. The first-order valence-corrected chi connectivity index (χ1v) is 7.66. The van der Waals surface area contributed by atoms with Crippen molar-refractivity contribution in [2.45, 2.75) is 19.6 Å². The molecule has 0 amide bonds. The van der Waals surface area contributed by atoms with Crippen molar-refractivity contribution in [2.24, 2.45) is 0 Å². The molecule has 25 heavy (non-hydrogen) atoms. The van der Waals surface area contributed by atoms with Crippen LogP contribution in [0.25, 0.3) is 0 Å². The molecule has 2 rings (SSSR count). The van der Waals surface area contributed by atoms with Gasteiger partial charge in [-0.15, -0.1) is 0 Å². The van der Waals surface area contributed by atoms with Gasteiger partial charge in [0.05, 0.1) is 18.4 Å². The van der Waals surface area contributed by atoms with Crippen LogP contribution in [0.5, 0.6) is 5.75 Å². The van der Waals surface area contributed by atoms with Crippen molar-refractivity contribution in [3.8, 4) is 5.75 Å². The number of halogens is 4. The van der Waals surface area contributed by atoms with Crippen molar-refractivity contribution in [1.29, 1.82) is 0 Å². The molecule has 0 atom stereocenters. The van der Waals surface area contributed by atoms with Crippen molar-refractivity contribution in [1.82, 2.24) is 5.32 Å². The zero-order valence-electron chi connectivity index (χ0n) is 13.5. The molecule has 0 aliphatic rings. The first kappa shape index (κ1) is 19.0. The van der Waals surface area contributed by atoms with Gasteiger partial charge in [-0.1, -0.05) is 12.1 Å². The Labute approximate surface area is 148 Å². The van der Waals surface area contributed by atoms with Crippen LogP contribution < -0.4 is 15.4 Å². The fraction of sp³-hybridized carbons (Fsp3) is 0.235. The van der Waals surface area contributed by atoms with E-state index in [1.165, 1.54) is 7.11 Å². The number of nitrogens with one attached hydrogen (secondary N) is 2. The van der Waals surface area contributed by atoms with E-state index in [2.05, 4.69) is 10.6 Å². The van der Waals surface area contributed by atoms with Crippen LogP contribution in [0.4, 0.5) is 23.2 Å². The third-order valence-corrected chi connectivity index (χ3v) is 3.67. The Balaban J connectivity index is 2.02. The second-order valence-corrected chi connectivity index (χ2v) is 5.72. The number of rotatable bonds is 4. The number of alkyl halides is 3. The molecule has 134 valence electrons. The van der Waals surface area contributed by atoms with Gasteiger partial charge in [0.2, 0.25) is 0 Å². The Hall–Kier alpha value is -2.35. The fourth-order valence-electron chi connectivity index (χ4n) is 2.13. The van der Waals surface area contributed by atoms with Crippen molar-refractivity contribution < 1.29 is 22.3 Å². The van der Waals surface area contributed by atoms with Gasteiger partial charge >= 0.3 is 6.18 Å². The van der Waals surface area contributed by atoms with Crippen molar-refractivity contribution in [2.75, 3.05) is 12.4 Å². The van der Waals surface area contributed by atoms with Gasteiger partial charge in [0.15, 0.2) is 5.11 Å². The van der Waals surface area contributed by atoms with Gasteiger partial charge in [-0.3, -0.25) is 0 Å². The van der Waals surface area contributed by atoms with Crippen LogP contribution >= 0.6 is 12.2 Å². The zero-order valence-corrected chi connectivity index (χ0v) is 14.3. The lowest BCUT2D eigenvalue weighted by atomic mass is 10.1. The Morgan fingerprint density at radius 3 is 2.48 bits per heavy atom. The number of methoxy groups -OCH3 is 1. The van der Waals surface area contributed by atoms with Crippen molar-refractivity contribution in [3.63, 3.8) is 0 Å². The molecule has 0 saturated heterocycles. The lowest BCUT2D eigenvalue weighted by Gasteiger charge is -2.15. The van der Waals surface area contributed by atoms with Gasteiger partial charge in [-0.2, -0.15) is 13.2 Å². The third-order valence-electron chi connectivity index (χ3n) is 3.42. The number of hydrogen-bond acceptors (Lipinski definition) is 2. The first-order chi connectivity index (χ1) is 11.7. The predicted molar refractivity (Wildman–Crippen MR) is 92.2 cm³/mol. The van der Waals surface area contributed by atoms with E-state index in [1.54, 1.807) is 6.07 Å². The Bertz CT molecular complexity index is 778. The summed E-state index contributed by atoms with van der Waals surface area (Å²) in [5, 5.41) is 5.88. The molecule has 0 aliphatic heterocycles. The van der Waals surface area contributed by atoms with E-state index in [1.807, 2.05) is 19.1 Å². The molecule has 0 spiro atoms.